The van der Waals surface area contributed by atoms with E-state index in [1.54, 1.807) is 19.2 Å². The van der Waals surface area contributed by atoms with Crippen LogP contribution in [0.5, 0.6) is 5.75 Å². The number of benzene rings is 1. The van der Waals surface area contributed by atoms with E-state index < -0.39 is 6.61 Å². The van der Waals surface area contributed by atoms with Gasteiger partial charge in [0, 0.05) is 38.4 Å². The van der Waals surface area contributed by atoms with E-state index in [0.29, 0.717) is 6.04 Å². The molecule has 28 heavy (non-hydrogen) atoms. The SMILES string of the molecule is CN=C(NCCCCSC)NC1CCCN(c2ccc(OC(F)F)cc2)C1.I. The minimum atomic E-state index is -2.79. The number of thioether (sulfide) groups is 1. The molecule has 0 aromatic heterocycles. The molecule has 0 radical (unpaired) electrons. The molecule has 1 atom stereocenters. The van der Waals surface area contributed by atoms with Gasteiger partial charge in [0.1, 0.15) is 5.75 Å². The molecule has 1 heterocycles. The standard InChI is InChI=1S/C19H30F2N4OS.HI/c1-22-19(23-11-3-4-13-27-2)24-15-6-5-12-25(14-15)16-7-9-17(10-8-16)26-18(20)21;/h7-10,15,18H,3-6,11-14H2,1-2H3,(H2,22,23,24);1H. The number of guanidine groups is 1. The summed E-state index contributed by atoms with van der Waals surface area (Å²) in [6, 6.07) is 7.15. The average Bonchev–Trinajstić information content (AvgIpc) is 2.67. The van der Waals surface area contributed by atoms with E-state index in [1.807, 2.05) is 23.9 Å². The molecule has 9 heteroatoms. The minimum Gasteiger partial charge on any atom is -0.435 e. The van der Waals surface area contributed by atoms with Crippen molar-refractivity contribution in [2.24, 2.45) is 4.99 Å². The fourth-order valence-electron chi connectivity index (χ4n) is 3.13. The summed E-state index contributed by atoms with van der Waals surface area (Å²) in [7, 11) is 1.79. The predicted molar refractivity (Wildman–Crippen MR) is 126 cm³/mol. The number of hydrogen-bond acceptors (Lipinski definition) is 4. The quantitative estimate of drug-likeness (QED) is 0.218. The zero-order chi connectivity index (χ0) is 19.5. The van der Waals surface area contributed by atoms with Crippen molar-refractivity contribution in [3.05, 3.63) is 24.3 Å². The van der Waals surface area contributed by atoms with Crippen LogP contribution in [0, 0.1) is 0 Å². The van der Waals surface area contributed by atoms with Crippen molar-refractivity contribution in [2.45, 2.75) is 38.3 Å². The zero-order valence-corrected chi connectivity index (χ0v) is 19.6. The van der Waals surface area contributed by atoms with Crippen molar-refractivity contribution in [1.82, 2.24) is 10.6 Å². The Labute approximate surface area is 188 Å². The molecule has 2 rings (SSSR count). The van der Waals surface area contributed by atoms with Crippen LogP contribution in [0.3, 0.4) is 0 Å². The van der Waals surface area contributed by atoms with Crippen molar-refractivity contribution in [2.75, 3.05) is 43.6 Å². The number of anilines is 1. The van der Waals surface area contributed by atoms with Gasteiger partial charge in [0.15, 0.2) is 5.96 Å². The molecule has 5 nitrogen and oxygen atoms in total. The highest BCUT2D eigenvalue weighted by molar-refractivity contribution is 14.0. The van der Waals surface area contributed by atoms with Gasteiger partial charge in [0.05, 0.1) is 0 Å². The summed E-state index contributed by atoms with van der Waals surface area (Å²) in [6.45, 7) is -0.0716. The number of unbranched alkanes of at least 4 members (excludes halogenated alkanes) is 1. The van der Waals surface area contributed by atoms with Gasteiger partial charge in [-0.2, -0.15) is 20.5 Å². The van der Waals surface area contributed by atoms with Crippen LogP contribution in [0.1, 0.15) is 25.7 Å². The first-order valence-corrected chi connectivity index (χ1v) is 10.8. The highest BCUT2D eigenvalue weighted by Gasteiger charge is 2.21. The summed E-state index contributed by atoms with van der Waals surface area (Å²) < 4.78 is 29.0. The summed E-state index contributed by atoms with van der Waals surface area (Å²) in [5.74, 6) is 2.21. The third-order valence-electron chi connectivity index (χ3n) is 4.48. The number of nitrogens with one attached hydrogen (secondary N) is 2. The van der Waals surface area contributed by atoms with Crippen LogP contribution in [-0.2, 0) is 0 Å². The van der Waals surface area contributed by atoms with Crippen molar-refractivity contribution in [3.63, 3.8) is 0 Å². The molecular formula is C19H31F2IN4OS. The Morgan fingerprint density at radius 1 is 1.32 bits per heavy atom. The fraction of sp³-hybridized carbons (Fsp3) is 0.632. The highest BCUT2D eigenvalue weighted by atomic mass is 127. The van der Waals surface area contributed by atoms with Crippen LogP contribution < -0.4 is 20.3 Å². The van der Waals surface area contributed by atoms with Gasteiger partial charge in [0.2, 0.25) is 0 Å². The fourth-order valence-corrected chi connectivity index (χ4v) is 3.63. The Hall–Kier alpha value is -0.970. The van der Waals surface area contributed by atoms with Crippen LogP contribution >= 0.6 is 35.7 Å². The van der Waals surface area contributed by atoms with Crippen LogP contribution in [-0.4, -0.2) is 57.3 Å². The Kier molecular flexibility index (Phi) is 12.6. The Morgan fingerprint density at radius 3 is 2.71 bits per heavy atom. The van der Waals surface area contributed by atoms with Gasteiger partial charge in [-0.25, -0.2) is 0 Å². The molecule has 1 saturated heterocycles. The maximum absolute atomic E-state index is 12.3. The predicted octanol–water partition coefficient (Wildman–Crippen LogP) is 4.18. The molecule has 0 spiro atoms. The smallest absolute Gasteiger partial charge is 0.387 e. The normalized spacial score (nSPS) is 17.2. The zero-order valence-electron chi connectivity index (χ0n) is 16.5. The molecule has 160 valence electrons. The molecule has 1 fully saturated rings. The molecule has 1 aliphatic heterocycles. The summed E-state index contributed by atoms with van der Waals surface area (Å²) in [5.41, 5.74) is 1.02. The number of piperidine rings is 1. The molecule has 0 bridgehead atoms. The molecule has 1 aliphatic rings. The topological polar surface area (TPSA) is 48.9 Å². The minimum absolute atomic E-state index is 0. The maximum atomic E-state index is 12.3. The number of aliphatic imine (C=N–C) groups is 1. The second-order valence-electron chi connectivity index (χ2n) is 6.50. The lowest BCUT2D eigenvalue weighted by molar-refractivity contribution is -0.0498. The molecule has 1 aromatic carbocycles. The third-order valence-corrected chi connectivity index (χ3v) is 5.18. The molecular weight excluding hydrogens is 497 g/mol. The first-order chi connectivity index (χ1) is 13.1. The number of ether oxygens (including phenoxy) is 1. The summed E-state index contributed by atoms with van der Waals surface area (Å²) in [6.07, 6.45) is 6.61. The Balaban J connectivity index is 0.00000392. The number of rotatable bonds is 9. The number of nitrogens with zero attached hydrogens (tertiary/aromatic N) is 2. The van der Waals surface area contributed by atoms with Crippen LogP contribution in [0.25, 0.3) is 0 Å². The lowest BCUT2D eigenvalue weighted by Gasteiger charge is -2.35. The first-order valence-electron chi connectivity index (χ1n) is 9.38. The van der Waals surface area contributed by atoms with Gasteiger partial charge < -0.3 is 20.3 Å². The van der Waals surface area contributed by atoms with Crippen molar-refractivity contribution in [3.8, 4) is 5.75 Å². The molecule has 0 amide bonds. The van der Waals surface area contributed by atoms with Crippen molar-refractivity contribution >= 4 is 47.4 Å². The molecule has 1 aromatic rings. The van der Waals surface area contributed by atoms with E-state index in [9.17, 15) is 8.78 Å². The lowest BCUT2D eigenvalue weighted by Crippen LogP contribution is -2.51. The first kappa shape index (κ1) is 25.1. The second kappa shape index (κ2) is 14.1. The summed E-state index contributed by atoms with van der Waals surface area (Å²) in [5, 5.41) is 6.88. The van der Waals surface area contributed by atoms with Gasteiger partial charge >= 0.3 is 6.61 Å². The molecule has 0 aliphatic carbocycles. The highest BCUT2D eigenvalue weighted by Crippen LogP contribution is 2.23. The number of halogens is 3. The maximum Gasteiger partial charge on any atom is 0.387 e. The monoisotopic (exact) mass is 528 g/mol. The van der Waals surface area contributed by atoms with E-state index in [1.165, 1.54) is 12.2 Å². The van der Waals surface area contributed by atoms with Crippen LogP contribution in [0.15, 0.2) is 29.3 Å². The van der Waals surface area contributed by atoms with Crippen LogP contribution in [0.2, 0.25) is 0 Å². The summed E-state index contributed by atoms with van der Waals surface area (Å²) in [4.78, 5) is 6.58. The van der Waals surface area contributed by atoms with Gasteiger partial charge in [-0.15, -0.1) is 24.0 Å². The van der Waals surface area contributed by atoms with E-state index >= 15 is 0 Å². The van der Waals surface area contributed by atoms with Crippen LogP contribution in [0.4, 0.5) is 14.5 Å². The van der Waals surface area contributed by atoms with Gasteiger partial charge in [0.25, 0.3) is 0 Å². The van der Waals surface area contributed by atoms with Gasteiger partial charge in [-0.05, 0) is 62.0 Å². The molecule has 1 unspecified atom stereocenters. The molecule has 2 N–H and O–H groups in total. The largest absolute Gasteiger partial charge is 0.435 e. The van der Waals surface area contributed by atoms with Crippen molar-refractivity contribution < 1.29 is 13.5 Å². The third kappa shape index (κ3) is 9.02. The number of alkyl halides is 2. The van der Waals surface area contributed by atoms with Crippen molar-refractivity contribution in [1.29, 1.82) is 0 Å². The van der Waals surface area contributed by atoms with E-state index in [4.69, 9.17) is 0 Å². The second-order valence-corrected chi connectivity index (χ2v) is 7.49. The molecule has 0 saturated carbocycles. The van der Waals surface area contributed by atoms with E-state index in [0.717, 1.165) is 50.5 Å². The lowest BCUT2D eigenvalue weighted by atomic mass is 10.0. The Morgan fingerprint density at radius 2 is 2.07 bits per heavy atom. The number of hydrogen-bond donors (Lipinski definition) is 2. The Bertz CT molecular complexity index is 578. The van der Waals surface area contributed by atoms with E-state index in [-0.39, 0.29) is 29.7 Å². The van der Waals surface area contributed by atoms with E-state index in [2.05, 4.69) is 31.5 Å². The van der Waals surface area contributed by atoms with Gasteiger partial charge in [-0.3, -0.25) is 4.99 Å². The average molecular weight is 528 g/mol. The summed E-state index contributed by atoms with van der Waals surface area (Å²) >= 11 is 1.87. The van der Waals surface area contributed by atoms with Gasteiger partial charge in [-0.1, -0.05) is 0 Å².